The maximum absolute atomic E-state index is 10.8. The summed E-state index contributed by atoms with van der Waals surface area (Å²) in [6.07, 6.45) is 2.02. The summed E-state index contributed by atoms with van der Waals surface area (Å²) in [5.41, 5.74) is 1.91. The smallest absolute Gasteiger partial charge is 0.212 e. The van der Waals surface area contributed by atoms with Gasteiger partial charge in [-0.25, -0.2) is 8.42 Å². The molecule has 1 rings (SSSR count). The zero-order valence-corrected chi connectivity index (χ0v) is 9.61. The normalized spacial score (nSPS) is 11.6. The SMILES string of the molecule is CCCc1cccc(CS(=O)(=O)Cl)c1. The highest BCUT2D eigenvalue weighted by molar-refractivity contribution is 8.13. The van der Waals surface area contributed by atoms with Crippen LogP contribution >= 0.6 is 10.7 Å². The second-order valence-corrected chi connectivity index (χ2v) is 6.03. The molecule has 2 nitrogen and oxygen atoms in total. The number of benzene rings is 1. The average molecular weight is 233 g/mol. The van der Waals surface area contributed by atoms with E-state index in [1.807, 2.05) is 18.2 Å². The molecule has 0 N–H and O–H groups in total. The Balaban J connectivity index is 2.83. The molecule has 0 radical (unpaired) electrons. The van der Waals surface area contributed by atoms with Crippen molar-refractivity contribution in [3.05, 3.63) is 35.4 Å². The van der Waals surface area contributed by atoms with E-state index in [9.17, 15) is 8.42 Å². The Morgan fingerprint density at radius 3 is 2.50 bits per heavy atom. The van der Waals surface area contributed by atoms with Gasteiger partial charge in [-0.15, -0.1) is 0 Å². The molecule has 0 aliphatic rings. The maximum Gasteiger partial charge on any atom is 0.236 e. The number of hydrogen-bond acceptors (Lipinski definition) is 2. The van der Waals surface area contributed by atoms with Gasteiger partial charge in [0.25, 0.3) is 0 Å². The van der Waals surface area contributed by atoms with Gasteiger partial charge in [-0.1, -0.05) is 37.6 Å². The highest BCUT2D eigenvalue weighted by Crippen LogP contribution is 2.12. The van der Waals surface area contributed by atoms with Crippen molar-refractivity contribution in [3.8, 4) is 0 Å². The van der Waals surface area contributed by atoms with E-state index >= 15 is 0 Å². The van der Waals surface area contributed by atoms with E-state index in [2.05, 4.69) is 6.92 Å². The van der Waals surface area contributed by atoms with Gasteiger partial charge < -0.3 is 0 Å². The molecule has 0 aliphatic heterocycles. The van der Waals surface area contributed by atoms with Crippen LogP contribution in [0.4, 0.5) is 0 Å². The molecule has 0 amide bonds. The van der Waals surface area contributed by atoms with Crippen molar-refractivity contribution in [1.29, 1.82) is 0 Å². The molecule has 0 saturated heterocycles. The third kappa shape index (κ3) is 4.11. The van der Waals surface area contributed by atoms with Crippen molar-refractivity contribution in [3.63, 3.8) is 0 Å². The summed E-state index contributed by atoms with van der Waals surface area (Å²) in [4.78, 5) is 0. The molecule has 0 bridgehead atoms. The van der Waals surface area contributed by atoms with Crippen LogP contribution in [0.5, 0.6) is 0 Å². The quantitative estimate of drug-likeness (QED) is 0.748. The predicted octanol–water partition coefficient (Wildman–Crippen LogP) is 2.71. The van der Waals surface area contributed by atoms with Gasteiger partial charge >= 0.3 is 0 Å². The molecule has 1 aromatic rings. The first-order valence-corrected chi connectivity index (χ1v) is 6.99. The van der Waals surface area contributed by atoms with E-state index in [0.29, 0.717) is 0 Å². The number of aryl methyl sites for hydroxylation is 1. The van der Waals surface area contributed by atoms with Crippen LogP contribution in [0.2, 0.25) is 0 Å². The van der Waals surface area contributed by atoms with Crippen LogP contribution < -0.4 is 0 Å². The third-order valence-corrected chi connectivity index (χ3v) is 2.87. The summed E-state index contributed by atoms with van der Waals surface area (Å²) in [7, 11) is 1.73. The van der Waals surface area contributed by atoms with Crippen molar-refractivity contribution in [2.75, 3.05) is 0 Å². The van der Waals surface area contributed by atoms with Crippen LogP contribution in [0.3, 0.4) is 0 Å². The average Bonchev–Trinajstić information content (AvgIpc) is 2.02. The topological polar surface area (TPSA) is 34.1 Å². The van der Waals surface area contributed by atoms with Gasteiger partial charge in [-0.05, 0) is 17.5 Å². The Morgan fingerprint density at radius 2 is 1.93 bits per heavy atom. The van der Waals surface area contributed by atoms with Gasteiger partial charge in [0.2, 0.25) is 9.05 Å². The molecule has 0 heterocycles. The Labute approximate surface area is 89.3 Å². The zero-order chi connectivity index (χ0) is 10.6. The summed E-state index contributed by atoms with van der Waals surface area (Å²) >= 11 is 0. The molecule has 0 saturated carbocycles. The first-order valence-electron chi connectivity index (χ1n) is 4.51. The molecule has 0 aromatic heterocycles. The predicted molar refractivity (Wildman–Crippen MR) is 58.9 cm³/mol. The molecule has 0 spiro atoms. The molecule has 0 fully saturated rings. The first-order chi connectivity index (χ1) is 6.51. The largest absolute Gasteiger partial charge is 0.236 e. The molecule has 0 aliphatic carbocycles. The van der Waals surface area contributed by atoms with Crippen molar-refractivity contribution in [2.24, 2.45) is 0 Å². The fraction of sp³-hybridized carbons (Fsp3) is 0.400. The number of hydrogen-bond donors (Lipinski definition) is 0. The van der Waals surface area contributed by atoms with Gasteiger partial charge in [0.15, 0.2) is 0 Å². The lowest BCUT2D eigenvalue weighted by molar-refractivity contribution is 0.609. The zero-order valence-electron chi connectivity index (χ0n) is 8.03. The monoisotopic (exact) mass is 232 g/mol. The Hall–Kier alpha value is -0.540. The van der Waals surface area contributed by atoms with Crippen LogP contribution in [-0.4, -0.2) is 8.42 Å². The molecular weight excluding hydrogens is 220 g/mol. The molecule has 0 unspecified atom stereocenters. The second kappa shape index (κ2) is 4.80. The third-order valence-electron chi connectivity index (χ3n) is 1.87. The maximum atomic E-state index is 10.8. The lowest BCUT2D eigenvalue weighted by Gasteiger charge is -2.02. The summed E-state index contributed by atoms with van der Waals surface area (Å²) < 4.78 is 21.7. The minimum Gasteiger partial charge on any atom is -0.212 e. The highest BCUT2D eigenvalue weighted by atomic mass is 35.7. The van der Waals surface area contributed by atoms with Crippen LogP contribution in [-0.2, 0) is 21.2 Å². The molecule has 0 atom stereocenters. The van der Waals surface area contributed by atoms with Crippen molar-refractivity contribution in [1.82, 2.24) is 0 Å². The summed E-state index contributed by atoms with van der Waals surface area (Å²) in [6.45, 7) is 2.09. The Morgan fingerprint density at radius 1 is 1.29 bits per heavy atom. The minimum atomic E-state index is -3.44. The van der Waals surface area contributed by atoms with E-state index in [1.165, 1.54) is 0 Å². The fourth-order valence-electron chi connectivity index (χ4n) is 1.36. The van der Waals surface area contributed by atoms with Gasteiger partial charge in [0.05, 0.1) is 5.75 Å². The molecule has 78 valence electrons. The minimum absolute atomic E-state index is 0.0912. The van der Waals surface area contributed by atoms with E-state index in [4.69, 9.17) is 10.7 Å². The highest BCUT2D eigenvalue weighted by Gasteiger charge is 2.06. The van der Waals surface area contributed by atoms with Gasteiger partial charge in [-0.3, -0.25) is 0 Å². The van der Waals surface area contributed by atoms with E-state index in [1.54, 1.807) is 6.07 Å². The summed E-state index contributed by atoms with van der Waals surface area (Å²) in [5, 5.41) is 0. The molecular formula is C10H13ClO2S. The molecule has 1 aromatic carbocycles. The van der Waals surface area contributed by atoms with E-state index < -0.39 is 9.05 Å². The van der Waals surface area contributed by atoms with Crippen LogP contribution in [0, 0.1) is 0 Å². The Kier molecular flexibility index (Phi) is 3.96. The van der Waals surface area contributed by atoms with Crippen molar-refractivity contribution >= 4 is 19.7 Å². The first kappa shape index (κ1) is 11.5. The van der Waals surface area contributed by atoms with E-state index in [-0.39, 0.29) is 5.75 Å². The lowest BCUT2D eigenvalue weighted by Crippen LogP contribution is -1.95. The second-order valence-electron chi connectivity index (χ2n) is 3.25. The fourth-order valence-corrected chi connectivity index (χ4v) is 2.32. The van der Waals surface area contributed by atoms with Crippen molar-refractivity contribution < 1.29 is 8.42 Å². The van der Waals surface area contributed by atoms with Crippen molar-refractivity contribution in [2.45, 2.75) is 25.5 Å². The van der Waals surface area contributed by atoms with E-state index in [0.717, 1.165) is 24.0 Å². The summed E-state index contributed by atoms with van der Waals surface area (Å²) in [6, 6.07) is 7.53. The number of rotatable bonds is 4. The van der Waals surface area contributed by atoms with Gasteiger partial charge in [0.1, 0.15) is 0 Å². The van der Waals surface area contributed by atoms with Crippen LogP contribution in [0.25, 0.3) is 0 Å². The molecule has 14 heavy (non-hydrogen) atoms. The lowest BCUT2D eigenvalue weighted by atomic mass is 10.1. The van der Waals surface area contributed by atoms with Crippen LogP contribution in [0.15, 0.2) is 24.3 Å². The number of halogens is 1. The van der Waals surface area contributed by atoms with Gasteiger partial charge in [-0.2, -0.15) is 0 Å². The Bertz CT molecular complexity index is 398. The standard InChI is InChI=1S/C10H13ClO2S/c1-2-4-9-5-3-6-10(7-9)8-14(11,12)13/h3,5-7H,2,4,8H2,1H3. The summed E-state index contributed by atoms with van der Waals surface area (Å²) in [5.74, 6) is -0.0912. The van der Waals surface area contributed by atoms with Gasteiger partial charge in [0, 0.05) is 10.7 Å². The molecule has 4 heteroatoms. The van der Waals surface area contributed by atoms with Crippen LogP contribution in [0.1, 0.15) is 24.5 Å².